The van der Waals surface area contributed by atoms with E-state index in [4.69, 9.17) is 5.73 Å². The van der Waals surface area contributed by atoms with Crippen LogP contribution in [0.25, 0.3) is 0 Å². The Morgan fingerprint density at radius 1 is 1.83 bits per heavy atom. The third kappa shape index (κ3) is 3.16. The smallest absolute Gasteiger partial charge is 0.0274 e. The highest BCUT2D eigenvalue weighted by Crippen LogP contribution is 1.42. The van der Waals surface area contributed by atoms with E-state index in [-0.39, 0.29) is 0 Å². The fourth-order valence-electron chi connectivity index (χ4n) is 0.139. The Morgan fingerprint density at radius 3 is 2.67 bits per heavy atom. The summed E-state index contributed by atoms with van der Waals surface area (Å²) in [4.78, 5) is 0. The van der Waals surface area contributed by atoms with E-state index >= 15 is 0 Å². The molecule has 0 saturated heterocycles. The van der Waals surface area contributed by atoms with E-state index in [2.05, 4.69) is 17.4 Å². The van der Waals surface area contributed by atoms with Gasteiger partial charge in [-0.15, -0.1) is 0 Å². The molecule has 0 aromatic carbocycles. The zero-order valence-electron chi connectivity index (χ0n) is 3.78. The lowest BCUT2D eigenvalue weighted by Gasteiger charge is -1.80. The standard InChI is InChI=1S/C4H8N2/c1-2-6-4-3-5/h6H,2,5H2,1H3. The number of nitrogens with two attached hydrogens (primary N) is 1. The summed E-state index contributed by atoms with van der Waals surface area (Å²) in [5.74, 6) is 0. The highest BCUT2D eigenvalue weighted by molar-refractivity contribution is 4.89. The van der Waals surface area contributed by atoms with Crippen LogP contribution < -0.4 is 11.1 Å². The van der Waals surface area contributed by atoms with Gasteiger partial charge in [0.2, 0.25) is 0 Å². The molecule has 0 aromatic heterocycles. The Hall–Kier alpha value is -0.840. The zero-order valence-corrected chi connectivity index (χ0v) is 3.78. The number of rotatable bonds is 1. The van der Waals surface area contributed by atoms with Gasteiger partial charge in [-0.25, -0.2) is 0 Å². The third-order valence-electron chi connectivity index (χ3n) is 0.337. The molecule has 0 radical (unpaired) electrons. The summed E-state index contributed by atoms with van der Waals surface area (Å²) < 4.78 is 0. The highest BCUT2D eigenvalue weighted by Gasteiger charge is 1.57. The predicted octanol–water partition coefficient (Wildman–Crippen LogP) is -0.527. The van der Waals surface area contributed by atoms with Crippen LogP contribution in [0, 0.1) is 12.1 Å². The van der Waals surface area contributed by atoms with Crippen LogP contribution in [0.2, 0.25) is 0 Å². The molecule has 0 aliphatic heterocycles. The maximum Gasteiger partial charge on any atom is 0.0274 e. The highest BCUT2D eigenvalue weighted by atomic mass is 14.8. The molecule has 3 N–H and O–H groups in total. The van der Waals surface area contributed by atoms with Gasteiger partial charge in [-0.3, -0.25) is 0 Å². The molecule has 6 heavy (non-hydrogen) atoms. The number of hydrogen-bond acceptors (Lipinski definition) is 2. The fraction of sp³-hybridized carbons (Fsp3) is 0.500. The minimum absolute atomic E-state index is 0.851. The van der Waals surface area contributed by atoms with Gasteiger partial charge in [0.1, 0.15) is 0 Å². The molecule has 0 bridgehead atoms. The quantitative estimate of drug-likeness (QED) is 0.331. The summed E-state index contributed by atoms with van der Waals surface area (Å²) >= 11 is 0. The first kappa shape index (κ1) is 5.16. The van der Waals surface area contributed by atoms with Crippen LogP contribution in [0.5, 0.6) is 0 Å². The SMILES string of the molecule is CCNC#CN. The average Bonchev–Trinajstić information content (AvgIpc) is 1.61. The average molecular weight is 84.1 g/mol. The Morgan fingerprint density at radius 2 is 2.50 bits per heavy atom. The van der Waals surface area contributed by atoms with E-state index in [0.717, 1.165) is 6.54 Å². The molecule has 0 heterocycles. The van der Waals surface area contributed by atoms with Crippen LogP contribution in [0.3, 0.4) is 0 Å². The molecule has 0 saturated carbocycles. The minimum atomic E-state index is 0.851. The van der Waals surface area contributed by atoms with Crippen molar-refractivity contribution in [2.24, 2.45) is 5.73 Å². The second-order valence-corrected chi connectivity index (χ2v) is 0.800. The van der Waals surface area contributed by atoms with Crippen molar-refractivity contribution in [1.29, 1.82) is 0 Å². The molecule has 0 spiro atoms. The summed E-state index contributed by atoms with van der Waals surface area (Å²) in [6.07, 6.45) is 0. The second-order valence-electron chi connectivity index (χ2n) is 0.800. The van der Waals surface area contributed by atoms with E-state index in [1.165, 1.54) is 0 Å². The minimum Gasteiger partial charge on any atom is -0.358 e. The van der Waals surface area contributed by atoms with Crippen LogP contribution >= 0.6 is 0 Å². The molecule has 0 aromatic rings. The largest absolute Gasteiger partial charge is 0.358 e. The summed E-state index contributed by atoms with van der Waals surface area (Å²) in [7, 11) is 0. The zero-order chi connectivity index (χ0) is 4.83. The molecule has 34 valence electrons. The fourth-order valence-corrected chi connectivity index (χ4v) is 0.139. The van der Waals surface area contributed by atoms with Gasteiger partial charge in [-0.1, -0.05) is 0 Å². The van der Waals surface area contributed by atoms with E-state index in [1.54, 1.807) is 0 Å². The van der Waals surface area contributed by atoms with Gasteiger partial charge < -0.3 is 11.1 Å². The molecule has 0 rings (SSSR count). The monoisotopic (exact) mass is 84.1 g/mol. The van der Waals surface area contributed by atoms with Gasteiger partial charge in [0.25, 0.3) is 0 Å². The lowest BCUT2D eigenvalue weighted by Crippen LogP contribution is -2.03. The Bertz CT molecular complexity index is 67.4. The first-order chi connectivity index (χ1) is 2.91. The summed E-state index contributed by atoms with van der Waals surface area (Å²) in [6.45, 7) is 2.81. The van der Waals surface area contributed by atoms with Gasteiger partial charge in [0.15, 0.2) is 0 Å². The lowest BCUT2D eigenvalue weighted by molar-refractivity contribution is 0.951. The Kier molecular flexibility index (Phi) is 3.58. The van der Waals surface area contributed by atoms with Crippen molar-refractivity contribution in [2.45, 2.75) is 6.92 Å². The van der Waals surface area contributed by atoms with Gasteiger partial charge >= 0.3 is 0 Å². The number of nitrogens with one attached hydrogen (secondary N) is 1. The molecule has 2 heteroatoms. The van der Waals surface area contributed by atoms with Gasteiger partial charge in [0, 0.05) is 18.6 Å². The van der Waals surface area contributed by atoms with Crippen LogP contribution in [0.1, 0.15) is 6.92 Å². The molecule has 0 unspecified atom stereocenters. The van der Waals surface area contributed by atoms with E-state index in [0.29, 0.717) is 0 Å². The van der Waals surface area contributed by atoms with Crippen LogP contribution in [0.15, 0.2) is 0 Å². The Balaban J connectivity index is 2.79. The van der Waals surface area contributed by atoms with Crippen molar-refractivity contribution in [3.8, 4) is 12.1 Å². The first-order valence-electron chi connectivity index (χ1n) is 1.85. The van der Waals surface area contributed by atoms with Gasteiger partial charge in [-0.2, -0.15) is 0 Å². The van der Waals surface area contributed by atoms with Crippen molar-refractivity contribution >= 4 is 0 Å². The van der Waals surface area contributed by atoms with Gasteiger partial charge in [0.05, 0.1) is 0 Å². The van der Waals surface area contributed by atoms with Crippen molar-refractivity contribution in [1.82, 2.24) is 5.32 Å². The van der Waals surface area contributed by atoms with Gasteiger partial charge in [-0.05, 0) is 6.92 Å². The maximum absolute atomic E-state index is 4.79. The summed E-state index contributed by atoms with van der Waals surface area (Å²) in [5.41, 5.74) is 4.79. The van der Waals surface area contributed by atoms with Crippen molar-refractivity contribution in [3.63, 3.8) is 0 Å². The van der Waals surface area contributed by atoms with Crippen LogP contribution in [0.4, 0.5) is 0 Å². The normalized spacial score (nSPS) is 5.50. The molecular formula is C4H8N2. The first-order valence-corrected chi connectivity index (χ1v) is 1.85. The molecule has 0 aliphatic rings. The summed E-state index contributed by atoms with van der Waals surface area (Å²) in [5, 5.41) is 2.71. The van der Waals surface area contributed by atoms with Crippen LogP contribution in [-0.4, -0.2) is 6.54 Å². The maximum atomic E-state index is 4.79. The van der Waals surface area contributed by atoms with E-state index < -0.39 is 0 Å². The Labute approximate surface area is 37.7 Å². The van der Waals surface area contributed by atoms with Crippen molar-refractivity contribution < 1.29 is 0 Å². The number of hydrogen-bond donors (Lipinski definition) is 2. The molecule has 0 amide bonds. The van der Waals surface area contributed by atoms with Crippen molar-refractivity contribution in [2.75, 3.05) is 6.54 Å². The van der Waals surface area contributed by atoms with Crippen LogP contribution in [-0.2, 0) is 0 Å². The topological polar surface area (TPSA) is 38.0 Å². The third-order valence-corrected chi connectivity index (χ3v) is 0.337. The molecular weight excluding hydrogens is 76.1 g/mol. The summed E-state index contributed by atoms with van der Waals surface area (Å²) in [6, 6.07) is 4.68. The molecule has 2 nitrogen and oxygen atoms in total. The molecule has 0 fully saturated rings. The molecule has 0 aliphatic carbocycles. The second kappa shape index (κ2) is 4.16. The predicted molar refractivity (Wildman–Crippen MR) is 25.6 cm³/mol. The van der Waals surface area contributed by atoms with Crippen molar-refractivity contribution in [3.05, 3.63) is 0 Å². The van der Waals surface area contributed by atoms with E-state index in [9.17, 15) is 0 Å². The lowest BCUT2D eigenvalue weighted by atomic mass is 10.8. The van der Waals surface area contributed by atoms with E-state index in [1.807, 2.05) is 6.92 Å². The molecule has 0 atom stereocenters.